The van der Waals surface area contributed by atoms with Gasteiger partial charge >= 0.3 is 0 Å². The number of rotatable bonds is 4. The van der Waals surface area contributed by atoms with Crippen molar-refractivity contribution in [1.29, 1.82) is 0 Å². The van der Waals surface area contributed by atoms with Crippen LogP contribution in [0.4, 0.5) is 4.39 Å². The lowest BCUT2D eigenvalue weighted by atomic mass is 9.97. The lowest BCUT2D eigenvalue weighted by Crippen LogP contribution is -2.48. The Morgan fingerprint density at radius 2 is 1.74 bits per heavy atom. The SMILES string of the molecule is O=C(c1ccccc1F)N1CCC2CCC1CN2Cc1c(-c2ccc(Cl)cc2)nc2ccccn12. The van der Waals surface area contributed by atoms with Gasteiger partial charge in [0.2, 0.25) is 0 Å². The van der Waals surface area contributed by atoms with E-state index in [0.29, 0.717) is 17.6 Å². The van der Waals surface area contributed by atoms with Gasteiger partial charge in [-0.05, 0) is 55.7 Å². The highest BCUT2D eigenvalue weighted by molar-refractivity contribution is 6.30. The summed E-state index contributed by atoms with van der Waals surface area (Å²) < 4.78 is 16.5. The van der Waals surface area contributed by atoms with Crippen molar-refractivity contribution >= 4 is 23.2 Å². The van der Waals surface area contributed by atoms with Crippen molar-refractivity contribution in [3.05, 3.63) is 95.0 Å². The lowest BCUT2D eigenvalue weighted by Gasteiger charge is -2.38. The van der Waals surface area contributed by atoms with E-state index in [2.05, 4.69) is 15.5 Å². The van der Waals surface area contributed by atoms with E-state index in [1.165, 1.54) is 6.07 Å². The van der Waals surface area contributed by atoms with Gasteiger partial charge in [-0.25, -0.2) is 9.37 Å². The van der Waals surface area contributed by atoms with Crippen LogP contribution in [0.2, 0.25) is 5.02 Å². The minimum Gasteiger partial charge on any atom is -0.334 e. The number of amides is 1. The zero-order chi connectivity index (χ0) is 23.9. The van der Waals surface area contributed by atoms with Gasteiger partial charge in [-0.2, -0.15) is 0 Å². The highest BCUT2D eigenvalue weighted by atomic mass is 35.5. The van der Waals surface area contributed by atoms with Gasteiger partial charge in [0, 0.05) is 48.5 Å². The van der Waals surface area contributed by atoms with Gasteiger partial charge in [0.05, 0.1) is 17.0 Å². The third-order valence-corrected chi connectivity index (χ3v) is 7.66. The van der Waals surface area contributed by atoms with Crippen LogP contribution in [0.25, 0.3) is 16.9 Å². The second kappa shape index (κ2) is 9.10. The third kappa shape index (κ3) is 4.11. The molecule has 0 spiro atoms. The van der Waals surface area contributed by atoms with Crippen LogP contribution in [-0.2, 0) is 6.54 Å². The van der Waals surface area contributed by atoms with E-state index in [0.717, 1.165) is 55.0 Å². The number of piperidine rings is 1. The van der Waals surface area contributed by atoms with Crippen molar-refractivity contribution in [3.8, 4) is 11.3 Å². The van der Waals surface area contributed by atoms with Crippen LogP contribution in [-0.4, -0.2) is 50.3 Å². The van der Waals surface area contributed by atoms with E-state index in [-0.39, 0.29) is 17.5 Å². The molecule has 35 heavy (non-hydrogen) atoms. The molecular formula is C28H26ClFN4O. The molecule has 2 atom stereocenters. The number of hydrogen-bond acceptors (Lipinski definition) is 3. The van der Waals surface area contributed by atoms with Gasteiger partial charge < -0.3 is 9.30 Å². The molecule has 2 unspecified atom stereocenters. The summed E-state index contributed by atoms with van der Waals surface area (Å²) in [4.78, 5) is 22.6. The molecule has 2 bridgehead atoms. The van der Waals surface area contributed by atoms with E-state index in [1.807, 2.05) is 47.4 Å². The average Bonchev–Trinajstić information content (AvgIpc) is 3.00. The molecule has 1 amide bonds. The van der Waals surface area contributed by atoms with E-state index < -0.39 is 5.82 Å². The molecule has 2 aromatic heterocycles. The summed E-state index contributed by atoms with van der Waals surface area (Å²) in [6.07, 6.45) is 4.90. The molecule has 0 aliphatic carbocycles. The maximum Gasteiger partial charge on any atom is 0.257 e. The monoisotopic (exact) mass is 488 g/mol. The number of aromatic nitrogens is 2. The zero-order valence-electron chi connectivity index (χ0n) is 19.3. The Morgan fingerprint density at radius 1 is 0.971 bits per heavy atom. The highest BCUT2D eigenvalue weighted by Crippen LogP contribution is 2.33. The van der Waals surface area contributed by atoms with Crippen LogP contribution in [0.15, 0.2) is 72.9 Å². The van der Waals surface area contributed by atoms with Crippen LogP contribution < -0.4 is 0 Å². The first-order valence-corrected chi connectivity index (χ1v) is 12.5. The van der Waals surface area contributed by atoms with Crippen LogP contribution in [0.3, 0.4) is 0 Å². The van der Waals surface area contributed by atoms with E-state index in [1.54, 1.807) is 18.2 Å². The van der Waals surface area contributed by atoms with Crippen molar-refractivity contribution in [1.82, 2.24) is 19.2 Å². The van der Waals surface area contributed by atoms with Crippen LogP contribution in [0.1, 0.15) is 35.3 Å². The fourth-order valence-electron chi connectivity index (χ4n) is 5.61. The number of fused-ring (bicyclic) bond motifs is 5. The summed E-state index contributed by atoms with van der Waals surface area (Å²) >= 11 is 6.14. The fraction of sp³-hybridized carbons (Fsp3) is 0.286. The van der Waals surface area contributed by atoms with E-state index in [9.17, 15) is 9.18 Å². The van der Waals surface area contributed by atoms with Gasteiger partial charge in [0.1, 0.15) is 11.5 Å². The van der Waals surface area contributed by atoms with Gasteiger partial charge in [-0.15, -0.1) is 0 Å². The topological polar surface area (TPSA) is 40.9 Å². The summed E-state index contributed by atoms with van der Waals surface area (Å²) in [6.45, 7) is 2.15. The average molecular weight is 489 g/mol. The molecule has 3 aliphatic rings. The summed E-state index contributed by atoms with van der Waals surface area (Å²) in [5, 5.41) is 0.698. The molecule has 2 aromatic carbocycles. The van der Waals surface area contributed by atoms with Gasteiger partial charge in [-0.1, -0.05) is 41.9 Å². The molecule has 178 valence electrons. The summed E-state index contributed by atoms with van der Waals surface area (Å²) in [5.74, 6) is -0.654. The molecule has 3 aliphatic heterocycles. The van der Waals surface area contributed by atoms with Gasteiger partial charge in [-0.3, -0.25) is 9.69 Å². The lowest BCUT2D eigenvalue weighted by molar-refractivity contribution is 0.0599. The molecule has 0 saturated carbocycles. The predicted molar refractivity (Wildman–Crippen MR) is 135 cm³/mol. The maximum atomic E-state index is 14.4. The second-order valence-corrected chi connectivity index (χ2v) is 9.86. The predicted octanol–water partition coefficient (Wildman–Crippen LogP) is 5.67. The number of pyridine rings is 1. The number of imidazole rings is 1. The molecule has 0 N–H and O–H groups in total. The quantitative estimate of drug-likeness (QED) is 0.371. The summed E-state index contributed by atoms with van der Waals surface area (Å²) in [6, 6.07) is 20.6. The van der Waals surface area contributed by atoms with Crippen molar-refractivity contribution in [2.24, 2.45) is 0 Å². The highest BCUT2D eigenvalue weighted by Gasteiger charge is 2.38. The second-order valence-electron chi connectivity index (χ2n) is 9.42. The third-order valence-electron chi connectivity index (χ3n) is 7.40. The maximum absolute atomic E-state index is 14.4. The Kier molecular flexibility index (Phi) is 5.78. The molecule has 3 saturated heterocycles. The zero-order valence-corrected chi connectivity index (χ0v) is 20.0. The van der Waals surface area contributed by atoms with Crippen LogP contribution in [0, 0.1) is 5.82 Å². The Balaban J connectivity index is 1.31. The minimum atomic E-state index is -0.452. The number of benzene rings is 2. The van der Waals surface area contributed by atoms with Crippen LogP contribution >= 0.6 is 11.6 Å². The molecule has 5 nitrogen and oxygen atoms in total. The van der Waals surface area contributed by atoms with Crippen molar-refractivity contribution in [2.45, 2.75) is 37.9 Å². The fourth-order valence-corrected chi connectivity index (χ4v) is 5.74. The Hall–Kier alpha value is -3.22. The van der Waals surface area contributed by atoms with Crippen molar-refractivity contribution < 1.29 is 9.18 Å². The molecule has 3 fully saturated rings. The van der Waals surface area contributed by atoms with Crippen molar-refractivity contribution in [3.63, 3.8) is 0 Å². The Morgan fingerprint density at radius 3 is 2.57 bits per heavy atom. The van der Waals surface area contributed by atoms with Gasteiger partial charge in [0.15, 0.2) is 0 Å². The molecular weight excluding hydrogens is 463 g/mol. The first-order chi connectivity index (χ1) is 17.1. The molecule has 7 rings (SSSR count). The summed E-state index contributed by atoms with van der Waals surface area (Å²) in [5.41, 5.74) is 4.18. The first kappa shape index (κ1) is 22.3. The van der Waals surface area contributed by atoms with E-state index in [4.69, 9.17) is 16.6 Å². The smallest absolute Gasteiger partial charge is 0.257 e. The van der Waals surface area contributed by atoms with Crippen molar-refractivity contribution in [2.75, 3.05) is 13.1 Å². The normalized spacial score (nSPS) is 20.3. The number of carbonyl (C=O) groups is 1. The molecule has 7 heteroatoms. The Bertz CT molecular complexity index is 1390. The number of carbonyl (C=O) groups excluding carboxylic acids is 1. The van der Waals surface area contributed by atoms with E-state index >= 15 is 0 Å². The molecule has 0 radical (unpaired) electrons. The minimum absolute atomic E-state index is 0.0685. The molecule has 4 aromatic rings. The number of nitrogens with zero attached hydrogens (tertiary/aromatic N) is 4. The first-order valence-electron chi connectivity index (χ1n) is 12.1. The largest absolute Gasteiger partial charge is 0.334 e. The van der Waals surface area contributed by atoms with Crippen LogP contribution in [0.5, 0.6) is 0 Å². The summed E-state index contributed by atoms with van der Waals surface area (Å²) in [7, 11) is 0. The number of hydrogen-bond donors (Lipinski definition) is 0. The standard InChI is InChI=1S/C28H26ClFN4O/c29-20-10-8-19(9-11-20)27-25(34-15-4-3-7-26(34)31-27)18-32-17-22-13-12-21(32)14-16-33(22)28(35)23-5-1-2-6-24(23)30/h1-11,15,21-22H,12-14,16-18H2. The van der Waals surface area contributed by atoms with Gasteiger partial charge in [0.25, 0.3) is 5.91 Å². The molecule has 5 heterocycles. The number of halogens is 2. The Labute approximate surface area is 208 Å².